The van der Waals surface area contributed by atoms with Gasteiger partial charge in [0.15, 0.2) is 9.84 Å². The molecule has 0 spiro atoms. The molecule has 0 saturated carbocycles. The topological polar surface area (TPSA) is 46.2 Å². The molecule has 20 heavy (non-hydrogen) atoms. The van der Waals surface area contributed by atoms with Gasteiger partial charge in [0.05, 0.1) is 10.8 Å². The molecule has 3 nitrogen and oxygen atoms in total. The first kappa shape index (κ1) is 16.9. The molecule has 0 aliphatic carbocycles. The lowest BCUT2D eigenvalue weighted by Crippen LogP contribution is -2.33. The fourth-order valence-corrected chi connectivity index (χ4v) is 2.66. The number of sulfone groups is 1. The maximum atomic E-state index is 13.5. The summed E-state index contributed by atoms with van der Waals surface area (Å²) in [7, 11) is -1.96. The number of rotatable bonds is 4. The van der Waals surface area contributed by atoms with E-state index in [-0.39, 0.29) is 5.56 Å². The van der Waals surface area contributed by atoms with Gasteiger partial charge < -0.3 is 5.32 Å². The van der Waals surface area contributed by atoms with Crippen LogP contribution in [0.5, 0.6) is 0 Å². The molecule has 0 bridgehead atoms. The van der Waals surface area contributed by atoms with Gasteiger partial charge in [-0.1, -0.05) is 6.07 Å². The van der Waals surface area contributed by atoms with Gasteiger partial charge >= 0.3 is 6.18 Å². The smallest absolute Gasteiger partial charge is 0.312 e. The molecule has 1 aromatic rings. The van der Waals surface area contributed by atoms with Crippen LogP contribution in [0.15, 0.2) is 18.2 Å². The average Bonchev–Trinajstić information content (AvgIpc) is 2.26. The maximum Gasteiger partial charge on any atom is 0.419 e. The van der Waals surface area contributed by atoms with Gasteiger partial charge in [0, 0.05) is 12.3 Å². The Kier molecular flexibility index (Phi) is 4.81. The number of hydrogen-bond acceptors (Lipinski definition) is 3. The minimum Gasteiger partial charge on any atom is -0.312 e. The van der Waals surface area contributed by atoms with E-state index in [0.29, 0.717) is 12.1 Å². The second kappa shape index (κ2) is 5.69. The van der Waals surface area contributed by atoms with Gasteiger partial charge in [-0.3, -0.25) is 0 Å². The summed E-state index contributed by atoms with van der Waals surface area (Å²) in [5, 5.41) is 1.78. The van der Waals surface area contributed by atoms with Crippen LogP contribution in [0.4, 0.5) is 17.6 Å². The zero-order valence-corrected chi connectivity index (χ0v) is 11.9. The maximum absolute atomic E-state index is 13.5. The van der Waals surface area contributed by atoms with Crippen molar-refractivity contribution in [2.75, 3.05) is 13.3 Å². The summed E-state index contributed by atoms with van der Waals surface area (Å²) in [5.41, 5.74) is -1.22. The molecule has 0 aliphatic heterocycles. The molecule has 1 aromatic carbocycles. The fraction of sp³-hybridized carbons (Fsp3) is 0.500. The fourth-order valence-electron chi connectivity index (χ4n) is 1.87. The highest BCUT2D eigenvalue weighted by Gasteiger charge is 2.35. The standard InChI is InChI=1S/C12H15F4NO2S/c1-7(20(3,18)19)11(17-2)8-4-5-9(10(13)6-8)12(14,15)16/h4-7,11,17H,1-3H3. The largest absolute Gasteiger partial charge is 0.419 e. The van der Waals surface area contributed by atoms with Crippen LogP contribution < -0.4 is 5.32 Å². The molecule has 1 N–H and O–H groups in total. The Morgan fingerprint density at radius 3 is 2.15 bits per heavy atom. The lowest BCUT2D eigenvalue weighted by atomic mass is 10.0. The number of halogens is 4. The molecule has 0 aromatic heterocycles. The first-order chi connectivity index (χ1) is 8.98. The van der Waals surface area contributed by atoms with Crippen molar-refractivity contribution in [3.05, 3.63) is 35.1 Å². The highest BCUT2D eigenvalue weighted by molar-refractivity contribution is 7.91. The first-order valence-corrected chi connectivity index (χ1v) is 7.66. The van der Waals surface area contributed by atoms with Gasteiger partial charge in [0.2, 0.25) is 0 Å². The monoisotopic (exact) mass is 313 g/mol. The van der Waals surface area contributed by atoms with Crippen LogP contribution in [0.2, 0.25) is 0 Å². The summed E-state index contributed by atoms with van der Waals surface area (Å²) in [6.45, 7) is 1.41. The predicted molar refractivity (Wildman–Crippen MR) is 67.5 cm³/mol. The molecule has 8 heteroatoms. The van der Waals surface area contributed by atoms with Crippen LogP contribution in [0.1, 0.15) is 24.1 Å². The third-order valence-corrected chi connectivity index (χ3v) is 4.74. The zero-order chi connectivity index (χ0) is 15.7. The highest BCUT2D eigenvalue weighted by Crippen LogP contribution is 2.33. The van der Waals surface area contributed by atoms with E-state index >= 15 is 0 Å². The Morgan fingerprint density at radius 2 is 1.80 bits per heavy atom. The minimum absolute atomic E-state index is 0.149. The Hall–Kier alpha value is -1.15. The van der Waals surface area contributed by atoms with E-state index in [2.05, 4.69) is 5.32 Å². The molecule has 0 heterocycles. The number of hydrogen-bond donors (Lipinski definition) is 1. The van der Waals surface area contributed by atoms with E-state index in [0.717, 1.165) is 12.3 Å². The number of nitrogens with one attached hydrogen (secondary N) is 1. The van der Waals surface area contributed by atoms with E-state index in [9.17, 15) is 26.0 Å². The van der Waals surface area contributed by atoms with Crippen LogP contribution in [-0.2, 0) is 16.0 Å². The molecule has 2 atom stereocenters. The molecule has 0 radical (unpaired) electrons. The van der Waals surface area contributed by atoms with Crippen LogP contribution in [-0.4, -0.2) is 27.0 Å². The van der Waals surface area contributed by atoms with Crippen molar-refractivity contribution in [2.24, 2.45) is 0 Å². The molecular formula is C12H15F4NO2S. The Morgan fingerprint density at radius 1 is 1.25 bits per heavy atom. The summed E-state index contributed by atoms with van der Waals surface area (Å²) in [6.07, 6.45) is -3.76. The van der Waals surface area contributed by atoms with E-state index in [1.54, 1.807) is 0 Å². The lowest BCUT2D eigenvalue weighted by molar-refractivity contribution is -0.140. The second-order valence-corrected chi connectivity index (χ2v) is 6.94. The quantitative estimate of drug-likeness (QED) is 0.869. The molecular weight excluding hydrogens is 298 g/mol. The van der Waals surface area contributed by atoms with Gasteiger partial charge in [-0.25, -0.2) is 12.8 Å². The lowest BCUT2D eigenvalue weighted by Gasteiger charge is -2.23. The predicted octanol–water partition coefficient (Wildman–Crippen LogP) is 2.54. The van der Waals surface area contributed by atoms with Crippen LogP contribution in [0.25, 0.3) is 0 Å². The van der Waals surface area contributed by atoms with Crippen molar-refractivity contribution in [3.8, 4) is 0 Å². The van der Waals surface area contributed by atoms with Gasteiger partial charge in [-0.2, -0.15) is 13.2 Å². The minimum atomic E-state index is -4.78. The van der Waals surface area contributed by atoms with Crippen molar-refractivity contribution in [1.29, 1.82) is 0 Å². The molecule has 2 unspecified atom stereocenters. The van der Waals surface area contributed by atoms with Gasteiger partial charge in [-0.05, 0) is 31.7 Å². The van der Waals surface area contributed by atoms with Crippen molar-refractivity contribution >= 4 is 9.84 Å². The van der Waals surface area contributed by atoms with Gasteiger partial charge in [-0.15, -0.1) is 0 Å². The molecule has 0 fully saturated rings. The van der Waals surface area contributed by atoms with Crippen molar-refractivity contribution < 1.29 is 26.0 Å². The SMILES string of the molecule is CNC(c1ccc(C(F)(F)F)c(F)c1)C(C)S(C)(=O)=O. The van der Waals surface area contributed by atoms with Crippen LogP contribution in [0.3, 0.4) is 0 Å². The number of benzene rings is 1. The normalized spacial score (nSPS) is 15.9. The molecule has 0 saturated heterocycles. The van der Waals surface area contributed by atoms with Gasteiger partial charge in [0.1, 0.15) is 5.82 Å². The first-order valence-electron chi connectivity index (χ1n) is 5.71. The second-order valence-electron chi connectivity index (χ2n) is 4.54. The third kappa shape index (κ3) is 3.69. The van der Waals surface area contributed by atoms with Gasteiger partial charge in [0.25, 0.3) is 0 Å². The van der Waals surface area contributed by atoms with Crippen LogP contribution in [0, 0.1) is 5.82 Å². The Balaban J connectivity index is 3.23. The van der Waals surface area contributed by atoms with E-state index < -0.39 is 38.7 Å². The summed E-state index contributed by atoms with van der Waals surface area (Å²) in [4.78, 5) is 0. The van der Waals surface area contributed by atoms with Crippen molar-refractivity contribution in [1.82, 2.24) is 5.32 Å². The molecule has 114 valence electrons. The van der Waals surface area contributed by atoms with E-state index in [1.807, 2.05) is 0 Å². The Labute approximate surface area is 114 Å². The Bertz CT molecular complexity index is 584. The summed E-state index contributed by atoms with van der Waals surface area (Å²) in [6, 6.07) is 1.62. The van der Waals surface area contributed by atoms with Crippen LogP contribution >= 0.6 is 0 Å². The highest BCUT2D eigenvalue weighted by atomic mass is 32.2. The van der Waals surface area contributed by atoms with Crippen molar-refractivity contribution in [2.45, 2.75) is 24.4 Å². The van der Waals surface area contributed by atoms with E-state index in [1.165, 1.54) is 14.0 Å². The van der Waals surface area contributed by atoms with E-state index in [4.69, 9.17) is 0 Å². The number of alkyl halides is 3. The summed E-state index contributed by atoms with van der Waals surface area (Å²) < 4.78 is 73.9. The average molecular weight is 313 g/mol. The summed E-state index contributed by atoms with van der Waals surface area (Å²) >= 11 is 0. The molecule has 1 rings (SSSR count). The molecule has 0 aliphatic rings. The third-order valence-electron chi connectivity index (χ3n) is 3.11. The zero-order valence-electron chi connectivity index (χ0n) is 11.1. The summed E-state index contributed by atoms with van der Waals surface area (Å²) in [5.74, 6) is -1.42. The van der Waals surface area contributed by atoms with Crippen molar-refractivity contribution in [3.63, 3.8) is 0 Å². The molecule has 0 amide bonds.